The van der Waals surface area contributed by atoms with Gasteiger partial charge in [-0.25, -0.2) is 4.98 Å². The second kappa shape index (κ2) is 6.86. The second-order valence-electron chi connectivity index (χ2n) is 5.53. The first kappa shape index (κ1) is 15.0. The third-order valence-corrected chi connectivity index (χ3v) is 4.13. The third-order valence-electron chi connectivity index (χ3n) is 4.13. The summed E-state index contributed by atoms with van der Waals surface area (Å²) in [5.41, 5.74) is 5.27. The summed E-state index contributed by atoms with van der Waals surface area (Å²) in [6.45, 7) is 7.64. The maximum Gasteiger partial charge on any atom is 0.111 e. The van der Waals surface area contributed by atoms with E-state index in [-0.39, 0.29) is 6.04 Å². The fourth-order valence-electron chi connectivity index (χ4n) is 2.66. The molecule has 0 aliphatic rings. The van der Waals surface area contributed by atoms with Crippen molar-refractivity contribution in [3.63, 3.8) is 0 Å². The van der Waals surface area contributed by atoms with Crippen LogP contribution < -0.4 is 11.3 Å². The molecule has 2 atom stereocenters. The van der Waals surface area contributed by atoms with Crippen molar-refractivity contribution in [2.75, 3.05) is 0 Å². The summed E-state index contributed by atoms with van der Waals surface area (Å²) < 4.78 is 2.34. The van der Waals surface area contributed by atoms with Gasteiger partial charge >= 0.3 is 0 Å². The van der Waals surface area contributed by atoms with Crippen LogP contribution in [0.1, 0.15) is 39.4 Å². The van der Waals surface area contributed by atoms with E-state index in [0.29, 0.717) is 5.92 Å². The molecule has 2 rings (SSSR count). The predicted octanol–water partition coefficient (Wildman–Crippen LogP) is 2.87. The van der Waals surface area contributed by atoms with Gasteiger partial charge in [-0.15, -0.1) is 0 Å². The Bertz CT molecular complexity index is 546. The minimum absolute atomic E-state index is 0.271. The van der Waals surface area contributed by atoms with Gasteiger partial charge in [0, 0.05) is 19.0 Å². The Morgan fingerprint density at radius 3 is 2.70 bits per heavy atom. The molecule has 2 unspecified atom stereocenters. The lowest BCUT2D eigenvalue weighted by molar-refractivity contribution is 0.361. The molecule has 4 nitrogen and oxygen atoms in total. The van der Waals surface area contributed by atoms with Gasteiger partial charge < -0.3 is 4.57 Å². The first-order valence-electron chi connectivity index (χ1n) is 7.61. The maximum atomic E-state index is 5.73. The predicted molar refractivity (Wildman–Crippen MR) is 84.3 cm³/mol. The highest BCUT2D eigenvalue weighted by atomic mass is 15.2. The molecule has 0 aliphatic heterocycles. The molecular weight excluding hydrogens is 248 g/mol. The molecule has 20 heavy (non-hydrogen) atoms. The Morgan fingerprint density at radius 2 is 2.05 bits per heavy atom. The minimum Gasteiger partial charge on any atom is -0.328 e. The molecule has 1 aromatic heterocycles. The van der Waals surface area contributed by atoms with E-state index in [1.807, 2.05) is 6.07 Å². The van der Waals surface area contributed by atoms with Crippen molar-refractivity contribution in [2.24, 2.45) is 11.8 Å². The molecule has 110 valence electrons. The Hall–Kier alpha value is -1.39. The normalized spacial score (nSPS) is 14.6. The van der Waals surface area contributed by atoms with Gasteiger partial charge in [0.15, 0.2) is 0 Å². The Morgan fingerprint density at radius 1 is 1.30 bits per heavy atom. The highest BCUT2D eigenvalue weighted by Gasteiger charge is 2.19. The van der Waals surface area contributed by atoms with Crippen LogP contribution in [0, 0.1) is 5.92 Å². The lowest BCUT2D eigenvalue weighted by Gasteiger charge is -2.22. The standard InChI is InChI=1S/C16H26N4/c1-4-10-20-15-9-7-6-8-13(15)18-16(20)11-14(19-17)12(3)5-2/h6-9,12,14,19H,4-5,10-11,17H2,1-3H3. The van der Waals surface area contributed by atoms with E-state index in [9.17, 15) is 0 Å². The van der Waals surface area contributed by atoms with Crippen LogP contribution in [0.25, 0.3) is 11.0 Å². The van der Waals surface area contributed by atoms with Crippen LogP contribution in [0.4, 0.5) is 0 Å². The largest absolute Gasteiger partial charge is 0.328 e. The number of rotatable bonds is 7. The summed E-state index contributed by atoms with van der Waals surface area (Å²) in [5, 5.41) is 0. The van der Waals surface area contributed by atoms with E-state index < -0.39 is 0 Å². The number of fused-ring (bicyclic) bond motifs is 1. The molecule has 0 saturated heterocycles. The van der Waals surface area contributed by atoms with Crippen molar-refractivity contribution >= 4 is 11.0 Å². The number of hydrazine groups is 1. The van der Waals surface area contributed by atoms with Crippen LogP contribution in [0.3, 0.4) is 0 Å². The molecular formula is C16H26N4. The number of nitrogens with zero attached hydrogens (tertiary/aromatic N) is 2. The summed E-state index contributed by atoms with van der Waals surface area (Å²) in [6.07, 6.45) is 3.10. The quantitative estimate of drug-likeness (QED) is 0.603. The highest BCUT2D eigenvalue weighted by Crippen LogP contribution is 2.19. The SMILES string of the molecule is CCCn1c(CC(NN)C(C)CC)nc2ccccc21. The molecule has 1 aromatic carbocycles. The van der Waals surface area contributed by atoms with Gasteiger partial charge in [0.2, 0.25) is 0 Å². The monoisotopic (exact) mass is 274 g/mol. The molecule has 0 radical (unpaired) electrons. The van der Waals surface area contributed by atoms with Crippen molar-refractivity contribution in [1.29, 1.82) is 0 Å². The fraction of sp³-hybridized carbons (Fsp3) is 0.562. The average molecular weight is 274 g/mol. The van der Waals surface area contributed by atoms with E-state index in [2.05, 4.69) is 49.0 Å². The topological polar surface area (TPSA) is 55.9 Å². The Kier molecular flexibility index (Phi) is 5.15. The van der Waals surface area contributed by atoms with E-state index in [1.54, 1.807) is 0 Å². The lowest BCUT2D eigenvalue weighted by atomic mass is 9.96. The van der Waals surface area contributed by atoms with Gasteiger partial charge in [0.1, 0.15) is 5.82 Å². The van der Waals surface area contributed by atoms with Gasteiger partial charge in [-0.3, -0.25) is 11.3 Å². The van der Waals surface area contributed by atoms with Crippen LogP contribution in [-0.2, 0) is 13.0 Å². The van der Waals surface area contributed by atoms with Crippen molar-refractivity contribution in [1.82, 2.24) is 15.0 Å². The van der Waals surface area contributed by atoms with E-state index in [0.717, 1.165) is 37.1 Å². The van der Waals surface area contributed by atoms with E-state index in [1.165, 1.54) is 5.52 Å². The van der Waals surface area contributed by atoms with Crippen molar-refractivity contribution in [3.05, 3.63) is 30.1 Å². The minimum atomic E-state index is 0.271. The first-order valence-corrected chi connectivity index (χ1v) is 7.61. The Balaban J connectivity index is 2.34. The second-order valence-corrected chi connectivity index (χ2v) is 5.53. The highest BCUT2D eigenvalue weighted by molar-refractivity contribution is 5.75. The molecule has 0 saturated carbocycles. The third kappa shape index (κ3) is 3.02. The van der Waals surface area contributed by atoms with Crippen molar-refractivity contribution in [2.45, 2.75) is 52.6 Å². The molecule has 2 aromatic rings. The van der Waals surface area contributed by atoms with E-state index >= 15 is 0 Å². The molecule has 0 fully saturated rings. The molecule has 1 heterocycles. The number of nitrogens with two attached hydrogens (primary N) is 1. The van der Waals surface area contributed by atoms with E-state index in [4.69, 9.17) is 10.8 Å². The number of benzene rings is 1. The molecule has 4 heteroatoms. The van der Waals surface area contributed by atoms with Crippen molar-refractivity contribution in [3.8, 4) is 0 Å². The summed E-state index contributed by atoms with van der Waals surface area (Å²) in [5.74, 6) is 7.40. The summed E-state index contributed by atoms with van der Waals surface area (Å²) >= 11 is 0. The summed E-state index contributed by atoms with van der Waals surface area (Å²) in [6, 6.07) is 8.62. The van der Waals surface area contributed by atoms with Crippen LogP contribution in [0.15, 0.2) is 24.3 Å². The van der Waals surface area contributed by atoms with Crippen LogP contribution in [0.2, 0.25) is 0 Å². The molecule has 3 N–H and O–H groups in total. The summed E-state index contributed by atoms with van der Waals surface area (Å²) in [4.78, 5) is 4.80. The number of nitrogens with one attached hydrogen (secondary N) is 1. The number of hydrogen-bond donors (Lipinski definition) is 2. The average Bonchev–Trinajstić information content (AvgIpc) is 2.82. The zero-order valence-corrected chi connectivity index (χ0v) is 12.8. The van der Waals surface area contributed by atoms with Crippen LogP contribution in [0.5, 0.6) is 0 Å². The zero-order valence-electron chi connectivity index (χ0n) is 12.8. The smallest absolute Gasteiger partial charge is 0.111 e. The number of imidazole rings is 1. The van der Waals surface area contributed by atoms with Crippen molar-refractivity contribution < 1.29 is 0 Å². The Labute approximate surface area is 121 Å². The lowest BCUT2D eigenvalue weighted by Crippen LogP contribution is -2.42. The number of hydrogen-bond acceptors (Lipinski definition) is 3. The fourth-order valence-corrected chi connectivity index (χ4v) is 2.66. The molecule has 0 bridgehead atoms. The number of aryl methyl sites for hydroxylation is 1. The van der Waals surface area contributed by atoms with Gasteiger partial charge in [0.05, 0.1) is 11.0 Å². The van der Waals surface area contributed by atoms with Gasteiger partial charge in [-0.2, -0.15) is 0 Å². The number of para-hydroxylation sites is 2. The molecule has 0 aliphatic carbocycles. The number of aromatic nitrogens is 2. The first-order chi connectivity index (χ1) is 9.71. The van der Waals surface area contributed by atoms with Gasteiger partial charge in [-0.05, 0) is 24.5 Å². The summed E-state index contributed by atoms with van der Waals surface area (Å²) in [7, 11) is 0. The molecule has 0 spiro atoms. The molecule has 0 amide bonds. The van der Waals surface area contributed by atoms with Crippen LogP contribution >= 0.6 is 0 Å². The maximum absolute atomic E-state index is 5.73. The zero-order chi connectivity index (χ0) is 14.5. The van der Waals surface area contributed by atoms with Crippen LogP contribution in [-0.4, -0.2) is 15.6 Å². The van der Waals surface area contributed by atoms with Gasteiger partial charge in [0.25, 0.3) is 0 Å². The van der Waals surface area contributed by atoms with Gasteiger partial charge in [-0.1, -0.05) is 39.3 Å².